The summed E-state index contributed by atoms with van der Waals surface area (Å²) in [6.45, 7) is 4.57. The molecule has 2 saturated heterocycles. The zero-order chi connectivity index (χ0) is 19.5. The van der Waals surface area contributed by atoms with E-state index < -0.39 is 0 Å². The molecule has 4 unspecified atom stereocenters. The maximum atomic E-state index is 12.1. The Morgan fingerprint density at radius 2 is 2.00 bits per heavy atom. The van der Waals surface area contributed by atoms with Crippen molar-refractivity contribution < 1.29 is 19.1 Å². The van der Waals surface area contributed by atoms with Gasteiger partial charge in [0.2, 0.25) is 0 Å². The number of ether oxygens (including phenoxy) is 2. The van der Waals surface area contributed by atoms with Gasteiger partial charge in [-0.1, -0.05) is 19.4 Å². The number of hydrogen-bond donors (Lipinski definition) is 0. The Morgan fingerprint density at radius 1 is 1.18 bits per heavy atom. The highest BCUT2D eigenvalue weighted by Crippen LogP contribution is 2.78. The molecule has 0 radical (unpaired) electrons. The number of hydrogen-bond acceptors (Lipinski definition) is 5. The predicted molar refractivity (Wildman–Crippen MR) is 98.8 cm³/mol. The molecule has 3 saturated carbocycles. The molecule has 5 nitrogen and oxygen atoms in total. The molecule has 2 spiro atoms. The summed E-state index contributed by atoms with van der Waals surface area (Å²) in [6, 6.07) is 2.60. The summed E-state index contributed by atoms with van der Waals surface area (Å²) < 4.78 is 12.6. The molecule has 8 atom stereocenters. The highest BCUT2D eigenvalue weighted by Gasteiger charge is 2.83. The minimum atomic E-state index is -0.369. The lowest BCUT2D eigenvalue weighted by atomic mass is 9.44. The van der Waals surface area contributed by atoms with Crippen LogP contribution in [0.4, 0.5) is 0 Å². The summed E-state index contributed by atoms with van der Waals surface area (Å²) in [7, 11) is 0. The van der Waals surface area contributed by atoms with Crippen LogP contribution in [0, 0.1) is 39.9 Å². The molecular weight excluding hydrogens is 354 g/mol. The Balaban J connectivity index is 1.48. The highest BCUT2D eigenvalue weighted by atomic mass is 16.6. The molecule has 28 heavy (non-hydrogen) atoms. The van der Waals surface area contributed by atoms with Crippen LogP contribution in [0.2, 0.25) is 0 Å². The number of carbonyl (C=O) groups is 2. The summed E-state index contributed by atoms with van der Waals surface area (Å²) >= 11 is 0. The van der Waals surface area contributed by atoms with Crippen LogP contribution in [-0.4, -0.2) is 29.1 Å². The normalized spacial score (nSPS) is 56.1. The fourth-order valence-corrected chi connectivity index (χ4v) is 8.43. The van der Waals surface area contributed by atoms with Gasteiger partial charge in [-0.25, -0.2) is 0 Å². The lowest BCUT2D eigenvalue weighted by Crippen LogP contribution is -2.62. The summed E-state index contributed by atoms with van der Waals surface area (Å²) in [5.74, 6) is 0.480. The van der Waals surface area contributed by atoms with Crippen molar-refractivity contribution in [2.45, 2.75) is 82.5 Å². The number of esters is 1. The minimum absolute atomic E-state index is 0.0705. The van der Waals surface area contributed by atoms with E-state index in [1.807, 2.05) is 6.08 Å². The van der Waals surface area contributed by atoms with Crippen LogP contribution in [-0.2, 0) is 19.1 Å². The number of nitrogens with zero attached hydrogens (tertiary/aromatic N) is 1. The molecule has 4 aliphatic carbocycles. The van der Waals surface area contributed by atoms with Crippen LogP contribution in [0.1, 0.15) is 65.2 Å². The monoisotopic (exact) mass is 381 g/mol. The summed E-state index contributed by atoms with van der Waals surface area (Å²) in [4.78, 5) is 24.2. The van der Waals surface area contributed by atoms with E-state index in [1.165, 1.54) is 0 Å². The first-order valence-electron chi connectivity index (χ1n) is 10.8. The van der Waals surface area contributed by atoms with Crippen molar-refractivity contribution in [1.82, 2.24) is 0 Å². The number of fused-ring (bicyclic) bond motifs is 4. The van der Waals surface area contributed by atoms with Crippen molar-refractivity contribution in [3.05, 3.63) is 11.6 Å². The number of epoxide rings is 1. The van der Waals surface area contributed by atoms with Crippen molar-refractivity contribution in [1.29, 1.82) is 5.26 Å². The van der Waals surface area contributed by atoms with Gasteiger partial charge >= 0.3 is 5.97 Å². The van der Waals surface area contributed by atoms with Gasteiger partial charge in [0.05, 0.1) is 18.1 Å². The Kier molecular flexibility index (Phi) is 3.01. The molecule has 0 aromatic carbocycles. The van der Waals surface area contributed by atoms with Gasteiger partial charge in [-0.05, 0) is 50.5 Å². The molecule has 6 aliphatic rings. The molecule has 6 rings (SSSR count). The highest BCUT2D eigenvalue weighted by molar-refractivity contribution is 5.92. The van der Waals surface area contributed by atoms with Gasteiger partial charge in [-0.3, -0.25) is 9.59 Å². The van der Waals surface area contributed by atoms with Gasteiger partial charge in [0.1, 0.15) is 11.2 Å². The molecule has 2 aliphatic heterocycles. The lowest BCUT2D eigenvalue weighted by molar-refractivity contribution is -0.165. The van der Waals surface area contributed by atoms with Crippen LogP contribution < -0.4 is 0 Å². The molecule has 5 heteroatoms. The molecule has 0 bridgehead atoms. The fraction of sp³-hybridized carbons (Fsp3) is 0.783. The molecule has 5 fully saturated rings. The zero-order valence-corrected chi connectivity index (χ0v) is 16.6. The molecule has 2 heterocycles. The van der Waals surface area contributed by atoms with E-state index in [1.54, 1.807) is 0 Å². The molecule has 0 aromatic rings. The lowest BCUT2D eigenvalue weighted by Gasteiger charge is -2.58. The number of rotatable bonds is 0. The third-order valence-corrected chi connectivity index (χ3v) is 9.87. The number of carbonyl (C=O) groups excluding carboxylic acids is 2. The Morgan fingerprint density at radius 3 is 2.71 bits per heavy atom. The van der Waals surface area contributed by atoms with Crippen LogP contribution in [0.25, 0.3) is 0 Å². The fourth-order valence-electron chi connectivity index (χ4n) is 8.43. The second kappa shape index (κ2) is 4.90. The van der Waals surface area contributed by atoms with E-state index in [-0.39, 0.29) is 51.7 Å². The standard InChI is InChI=1S/C23H27NO4/c1-20-6-3-15(25)10-14(20)9-13(12-24)19-16-4-7-22(8-5-18(26)28-22)21(16,2)11-17-23(19,20)27-17/h10,13,16-17,19H,3-9,11H2,1-2H3/t13?,16?,17-,19?,20-,21-,22+,23?/m0/s1. The second-order valence-corrected chi connectivity index (χ2v) is 10.6. The third kappa shape index (κ3) is 1.66. The van der Waals surface area contributed by atoms with Gasteiger partial charge in [0.15, 0.2) is 5.78 Å². The van der Waals surface area contributed by atoms with Crippen molar-refractivity contribution in [3.8, 4) is 6.07 Å². The summed E-state index contributed by atoms with van der Waals surface area (Å²) in [6.07, 6.45) is 8.13. The topological polar surface area (TPSA) is 79.7 Å². The van der Waals surface area contributed by atoms with E-state index in [9.17, 15) is 14.9 Å². The zero-order valence-electron chi connectivity index (χ0n) is 16.6. The van der Waals surface area contributed by atoms with Crippen LogP contribution in [0.3, 0.4) is 0 Å². The van der Waals surface area contributed by atoms with Gasteiger partial charge < -0.3 is 9.47 Å². The van der Waals surface area contributed by atoms with Crippen molar-refractivity contribution in [2.75, 3.05) is 0 Å². The van der Waals surface area contributed by atoms with E-state index in [0.29, 0.717) is 25.2 Å². The average Bonchev–Trinajstić information content (AvgIpc) is 3.14. The molecule has 0 N–H and O–H groups in total. The number of ketones is 1. The maximum absolute atomic E-state index is 12.1. The van der Waals surface area contributed by atoms with E-state index in [0.717, 1.165) is 37.7 Å². The van der Waals surface area contributed by atoms with Crippen molar-refractivity contribution in [3.63, 3.8) is 0 Å². The SMILES string of the molecule is C[C@]12CCC(=O)C=C1CC(C#N)C1C3CC[C@@]4(CCC(=O)O4)[C@@]3(C)C[C@@H]3OC132. The smallest absolute Gasteiger partial charge is 0.306 e. The van der Waals surface area contributed by atoms with E-state index in [2.05, 4.69) is 19.9 Å². The predicted octanol–water partition coefficient (Wildman–Crippen LogP) is 3.48. The van der Waals surface area contributed by atoms with Gasteiger partial charge in [0.25, 0.3) is 0 Å². The Hall–Kier alpha value is -1.67. The van der Waals surface area contributed by atoms with Crippen LogP contribution in [0.5, 0.6) is 0 Å². The average molecular weight is 381 g/mol. The molecule has 0 amide bonds. The first-order chi connectivity index (χ1) is 13.3. The van der Waals surface area contributed by atoms with Gasteiger partial charge in [0, 0.05) is 29.6 Å². The van der Waals surface area contributed by atoms with E-state index >= 15 is 0 Å². The largest absolute Gasteiger partial charge is 0.458 e. The second-order valence-electron chi connectivity index (χ2n) is 10.6. The maximum Gasteiger partial charge on any atom is 0.306 e. The summed E-state index contributed by atoms with van der Waals surface area (Å²) in [5, 5.41) is 10.1. The Bertz CT molecular complexity index is 888. The van der Waals surface area contributed by atoms with Crippen LogP contribution in [0.15, 0.2) is 11.6 Å². The third-order valence-electron chi connectivity index (χ3n) is 9.87. The number of nitriles is 1. The minimum Gasteiger partial charge on any atom is -0.458 e. The quantitative estimate of drug-likeness (QED) is 0.474. The Labute approximate surface area is 165 Å². The first-order valence-corrected chi connectivity index (χ1v) is 10.8. The van der Waals surface area contributed by atoms with Crippen LogP contribution >= 0.6 is 0 Å². The van der Waals surface area contributed by atoms with Crippen molar-refractivity contribution >= 4 is 11.8 Å². The van der Waals surface area contributed by atoms with E-state index in [4.69, 9.17) is 9.47 Å². The van der Waals surface area contributed by atoms with Crippen molar-refractivity contribution in [2.24, 2.45) is 28.6 Å². The first kappa shape index (κ1) is 17.2. The van der Waals surface area contributed by atoms with Gasteiger partial charge in [-0.15, -0.1) is 0 Å². The molecular formula is C23H27NO4. The van der Waals surface area contributed by atoms with Gasteiger partial charge in [-0.2, -0.15) is 5.26 Å². The molecule has 0 aromatic heterocycles. The summed E-state index contributed by atoms with van der Waals surface area (Å²) in [5.41, 5.74) is 0.194. The molecule has 148 valence electrons.